The van der Waals surface area contributed by atoms with Crippen molar-refractivity contribution in [2.24, 2.45) is 10.3 Å². The van der Waals surface area contributed by atoms with Crippen LogP contribution < -0.4 is 0 Å². The van der Waals surface area contributed by atoms with Crippen molar-refractivity contribution in [3.8, 4) is 0 Å². The lowest BCUT2D eigenvalue weighted by Crippen LogP contribution is -2.12. The van der Waals surface area contributed by atoms with Crippen LogP contribution in [0.15, 0.2) is 34.6 Å². The molecule has 0 bridgehead atoms. The molecule has 1 aromatic rings. The van der Waals surface area contributed by atoms with E-state index in [0.717, 1.165) is 12.0 Å². The molecule has 0 aliphatic heterocycles. The highest BCUT2D eigenvalue weighted by atomic mass is 16.4. The minimum atomic E-state index is 0.296. The highest BCUT2D eigenvalue weighted by molar-refractivity contribution is 6.47. The molecule has 0 fully saturated rings. The van der Waals surface area contributed by atoms with Crippen LogP contribution in [0, 0.1) is 0 Å². The summed E-state index contributed by atoms with van der Waals surface area (Å²) < 4.78 is 0. The average Bonchev–Trinajstić information content (AvgIpc) is 2.64. The highest BCUT2D eigenvalue weighted by Gasteiger charge is 2.08. The van der Waals surface area contributed by atoms with E-state index in [1.165, 1.54) is 69.8 Å². The third-order valence-electron chi connectivity index (χ3n) is 4.64. The van der Waals surface area contributed by atoms with Gasteiger partial charge in [-0.2, -0.15) is 0 Å². The van der Waals surface area contributed by atoms with Crippen molar-refractivity contribution in [3.05, 3.63) is 35.4 Å². The van der Waals surface area contributed by atoms with Crippen LogP contribution >= 0.6 is 0 Å². The van der Waals surface area contributed by atoms with E-state index in [4.69, 9.17) is 10.4 Å². The van der Waals surface area contributed by atoms with E-state index in [1.807, 2.05) is 12.1 Å². The molecule has 0 aliphatic carbocycles. The number of aryl methyl sites for hydroxylation is 1. The summed E-state index contributed by atoms with van der Waals surface area (Å²) in [5, 5.41) is 24.2. The zero-order chi connectivity index (χ0) is 18.3. The van der Waals surface area contributed by atoms with Crippen LogP contribution in [-0.2, 0) is 6.42 Å². The Morgan fingerprint density at radius 3 is 1.76 bits per heavy atom. The van der Waals surface area contributed by atoms with E-state index in [0.29, 0.717) is 11.4 Å². The van der Waals surface area contributed by atoms with Gasteiger partial charge in [0.2, 0.25) is 0 Å². The van der Waals surface area contributed by atoms with Crippen LogP contribution in [0.3, 0.4) is 0 Å². The molecular formula is C21H34N2O2. The summed E-state index contributed by atoms with van der Waals surface area (Å²) in [6.45, 7) is 3.86. The fraction of sp³-hybridized carbons (Fsp3) is 0.619. The molecule has 140 valence electrons. The Morgan fingerprint density at radius 2 is 1.28 bits per heavy atom. The first-order valence-corrected chi connectivity index (χ1v) is 9.73. The van der Waals surface area contributed by atoms with Gasteiger partial charge in [0.1, 0.15) is 11.4 Å². The van der Waals surface area contributed by atoms with Crippen molar-refractivity contribution >= 4 is 11.4 Å². The molecule has 1 aromatic carbocycles. The Bertz CT molecular complexity index is 521. The number of nitrogens with zero attached hydrogens (tertiary/aromatic N) is 2. The molecule has 4 heteroatoms. The molecule has 0 heterocycles. The molecule has 4 nitrogen and oxygen atoms in total. The lowest BCUT2D eigenvalue weighted by molar-refractivity contribution is 0.314. The molecular weight excluding hydrogens is 312 g/mol. The maximum Gasteiger partial charge on any atom is 0.134 e. The minimum Gasteiger partial charge on any atom is -0.411 e. The first-order valence-electron chi connectivity index (χ1n) is 9.73. The minimum absolute atomic E-state index is 0.296. The molecule has 25 heavy (non-hydrogen) atoms. The van der Waals surface area contributed by atoms with Crippen molar-refractivity contribution in [1.82, 2.24) is 0 Å². The summed E-state index contributed by atoms with van der Waals surface area (Å²) in [6, 6.07) is 7.93. The van der Waals surface area contributed by atoms with Gasteiger partial charge in [-0.1, -0.05) is 99.3 Å². The molecule has 0 radical (unpaired) electrons. The molecule has 0 amide bonds. The largest absolute Gasteiger partial charge is 0.411 e. The number of benzene rings is 1. The van der Waals surface area contributed by atoms with Crippen LogP contribution in [0.1, 0.15) is 89.2 Å². The van der Waals surface area contributed by atoms with Crippen molar-refractivity contribution in [2.45, 2.75) is 84.5 Å². The maximum absolute atomic E-state index is 9.05. The Balaban J connectivity index is 2.20. The number of rotatable bonds is 13. The topological polar surface area (TPSA) is 65.2 Å². The van der Waals surface area contributed by atoms with Gasteiger partial charge in [0.25, 0.3) is 0 Å². The predicted molar refractivity (Wildman–Crippen MR) is 105 cm³/mol. The lowest BCUT2D eigenvalue weighted by Gasteiger charge is -2.06. The molecule has 0 saturated carbocycles. The Hall–Kier alpha value is -1.84. The van der Waals surface area contributed by atoms with Crippen LogP contribution in [0.25, 0.3) is 0 Å². The first kappa shape index (κ1) is 21.2. The Morgan fingerprint density at radius 1 is 0.760 bits per heavy atom. The average molecular weight is 347 g/mol. The van der Waals surface area contributed by atoms with Gasteiger partial charge in [-0.25, -0.2) is 0 Å². The van der Waals surface area contributed by atoms with Gasteiger partial charge in [0.15, 0.2) is 0 Å². The van der Waals surface area contributed by atoms with E-state index in [2.05, 4.69) is 29.4 Å². The normalized spacial score (nSPS) is 12.6. The summed E-state index contributed by atoms with van der Waals surface area (Å²) in [7, 11) is 0. The number of unbranched alkanes of at least 4 members (excludes halogenated alkanes) is 9. The van der Waals surface area contributed by atoms with E-state index in [1.54, 1.807) is 6.92 Å². The first-order chi connectivity index (χ1) is 12.2. The molecule has 0 unspecified atom stereocenters. The van der Waals surface area contributed by atoms with E-state index >= 15 is 0 Å². The highest BCUT2D eigenvalue weighted by Crippen LogP contribution is 2.13. The molecule has 0 spiro atoms. The van der Waals surface area contributed by atoms with Gasteiger partial charge >= 0.3 is 0 Å². The fourth-order valence-electron chi connectivity index (χ4n) is 3.03. The third-order valence-corrected chi connectivity index (χ3v) is 4.64. The second kappa shape index (κ2) is 13.5. The smallest absolute Gasteiger partial charge is 0.134 e. The van der Waals surface area contributed by atoms with Gasteiger partial charge in [0.05, 0.1) is 0 Å². The van der Waals surface area contributed by atoms with Gasteiger partial charge < -0.3 is 10.4 Å². The standard InChI is InChI=1S/C21H34N2O2/c1-3-4-5-6-7-8-9-10-11-12-13-19-14-16-20(17-15-19)21(23-25)18(2)22-24/h14-17,24-25H,3-13H2,1-2H3. The quantitative estimate of drug-likeness (QED) is 0.194. The SMILES string of the molecule is CCCCCCCCCCCCc1ccc(C(=NO)C(C)=NO)cc1. The third kappa shape index (κ3) is 8.71. The summed E-state index contributed by atoms with van der Waals surface area (Å²) in [5.41, 5.74) is 2.64. The molecule has 0 atom stereocenters. The lowest BCUT2D eigenvalue weighted by atomic mass is 10.0. The molecule has 0 aromatic heterocycles. The zero-order valence-corrected chi connectivity index (χ0v) is 15.9. The number of oxime groups is 2. The Labute approximate surface area is 152 Å². The van der Waals surface area contributed by atoms with Gasteiger partial charge in [-0.15, -0.1) is 0 Å². The maximum atomic E-state index is 9.05. The predicted octanol–water partition coefficient (Wildman–Crippen LogP) is 6.18. The van der Waals surface area contributed by atoms with Crippen LogP contribution in [-0.4, -0.2) is 21.8 Å². The molecule has 0 saturated heterocycles. The van der Waals surface area contributed by atoms with Crippen molar-refractivity contribution < 1.29 is 10.4 Å². The summed E-state index contributed by atoms with van der Waals surface area (Å²) >= 11 is 0. The fourth-order valence-corrected chi connectivity index (χ4v) is 3.03. The molecule has 1 rings (SSSR count). The van der Waals surface area contributed by atoms with Gasteiger partial charge in [0, 0.05) is 5.56 Å². The van der Waals surface area contributed by atoms with Gasteiger partial charge in [-0.3, -0.25) is 0 Å². The second-order valence-electron chi connectivity index (χ2n) is 6.76. The zero-order valence-electron chi connectivity index (χ0n) is 15.9. The van der Waals surface area contributed by atoms with E-state index < -0.39 is 0 Å². The molecule has 2 N–H and O–H groups in total. The summed E-state index contributed by atoms with van der Waals surface area (Å²) in [5.74, 6) is 0. The van der Waals surface area contributed by atoms with Crippen LogP contribution in [0.2, 0.25) is 0 Å². The summed E-state index contributed by atoms with van der Waals surface area (Å²) in [4.78, 5) is 0. The second-order valence-corrected chi connectivity index (χ2v) is 6.76. The van der Waals surface area contributed by atoms with E-state index in [-0.39, 0.29) is 0 Å². The van der Waals surface area contributed by atoms with Crippen molar-refractivity contribution in [3.63, 3.8) is 0 Å². The monoisotopic (exact) mass is 346 g/mol. The van der Waals surface area contributed by atoms with Gasteiger partial charge in [-0.05, 0) is 25.3 Å². The van der Waals surface area contributed by atoms with Crippen LogP contribution in [0.5, 0.6) is 0 Å². The number of hydrogen-bond donors (Lipinski definition) is 2. The van der Waals surface area contributed by atoms with Crippen molar-refractivity contribution in [1.29, 1.82) is 0 Å². The Kier molecular flexibility index (Phi) is 11.4. The van der Waals surface area contributed by atoms with Crippen molar-refractivity contribution in [2.75, 3.05) is 0 Å². The summed E-state index contributed by atoms with van der Waals surface area (Å²) in [6.07, 6.45) is 14.6. The molecule has 0 aliphatic rings. The van der Waals surface area contributed by atoms with E-state index in [9.17, 15) is 0 Å². The van der Waals surface area contributed by atoms with Crippen LogP contribution in [0.4, 0.5) is 0 Å². The number of hydrogen-bond acceptors (Lipinski definition) is 4.